The molecule has 0 fully saturated rings. The van der Waals surface area contributed by atoms with E-state index in [1.54, 1.807) is 0 Å². The molecule has 0 aromatic heterocycles. The topological polar surface area (TPSA) is 15.6 Å². The lowest BCUT2D eigenvalue weighted by Crippen LogP contribution is -2.37. The molecule has 0 saturated heterocycles. The Morgan fingerprint density at radius 3 is 1.91 bits per heavy atom. The van der Waals surface area contributed by atoms with Crippen molar-refractivity contribution in [3.05, 3.63) is 0 Å². The molecule has 0 radical (unpaired) electrons. The third-order valence-electron chi connectivity index (χ3n) is 1.75. The van der Waals surface area contributed by atoms with Crippen molar-refractivity contribution >= 4 is 6.21 Å². The van der Waals surface area contributed by atoms with Crippen molar-refractivity contribution < 1.29 is 0 Å². The molecule has 0 aliphatic rings. The first kappa shape index (κ1) is 10.6. The quantitative estimate of drug-likeness (QED) is 0.569. The van der Waals surface area contributed by atoms with Crippen LogP contribution < -0.4 is 0 Å². The van der Waals surface area contributed by atoms with E-state index < -0.39 is 0 Å². The Bertz CT molecular complexity index is 109. The Morgan fingerprint density at radius 2 is 1.64 bits per heavy atom. The van der Waals surface area contributed by atoms with E-state index in [1.807, 2.05) is 13.1 Å². The Kier molecular flexibility index (Phi) is 5.12. The second-order valence-electron chi connectivity index (χ2n) is 3.28. The van der Waals surface area contributed by atoms with Gasteiger partial charge in [0.1, 0.15) is 0 Å². The smallest absolute Gasteiger partial charge is 0.0909 e. The molecule has 0 aromatic rings. The molecule has 0 saturated carbocycles. The lowest BCUT2D eigenvalue weighted by Gasteiger charge is -2.28. The summed E-state index contributed by atoms with van der Waals surface area (Å²) in [6.45, 7) is 11.6. The first-order valence-corrected chi connectivity index (χ1v) is 4.29. The van der Waals surface area contributed by atoms with E-state index in [2.05, 4.69) is 37.6 Å². The lowest BCUT2D eigenvalue weighted by molar-refractivity contribution is 0.181. The maximum Gasteiger partial charge on any atom is 0.0909 e. The number of nitrogens with zero attached hydrogens (tertiary/aromatic N) is 2. The van der Waals surface area contributed by atoms with Crippen molar-refractivity contribution in [1.29, 1.82) is 0 Å². The molecular weight excluding hydrogens is 136 g/mol. The summed E-state index contributed by atoms with van der Waals surface area (Å²) < 4.78 is 0. The Balaban J connectivity index is 3.89. The van der Waals surface area contributed by atoms with E-state index in [9.17, 15) is 0 Å². The molecule has 0 heterocycles. The standard InChI is InChI=1S/C9H20N2/c1-6-10-7-11(8(2)3)9(4)5/h6,8-9H,7H2,1-5H3. The van der Waals surface area contributed by atoms with Crippen LogP contribution in [0.3, 0.4) is 0 Å². The van der Waals surface area contributed by atoms with Crippen LogP contribution in [0.4, 0.5) is 0 Å². The molecule has 0 amide bonds. The van der Waals surface area contributed by atoms with Gasteiger partial charge in [0.2, 0.25) is 0 Å². The van der Waals surface area contributed by atoms with E-state index in [-0.39, 0.29) is 0 Å². The van der Waals surface area contributed by atoms with Crippen molar-refractivity contribution in [2.75, 3.05) is 6.67 Å². The zero-order valence-electron chi connectivity index (χ0n) is 8.33. The van der Waals surface area contributed by atoms with Gasteiger partial charge < -0.3 is 0 Å². The Labute approximate surface area is 70.3 Å². The molecule has 66 valence electrons. The molecule has 0 atom stereocenters. The predicted molar refractivity (Wildman–Crippen MR) is 51.1 cm³/mol. The van der Waals surface area contributed by atoms with E-state index in [4.69, 9.17) is 0 Å². The van der Waals surface area contributed by atoms with Crippen LogP contribution in [-0.2, 0) is 0 Å². The highest BCUT2D eigenvalue weighted by Crippen LogP contribution is 2.03. The third kappa shape index (κ3) is 4.14. The largest absolute Gasteiger partial charge is 0.282 e. The van der Waals surface area contributed by atoms with Crippen molar-refractivity contribution in [3.63, 3.8) is 0 Å². The van der Waals surface area contributed by atoms with Gasteiger partial charge in [0.05, 0.1) is 6.67 Å². The fourth-order valence-electron chi connectivity index (χ4n) is 1.10. The molecule has 11 heavy (non-hydrogen) atoms. The first-order valence-electron chi connectivity index (χ1n) is 4.29. The van der Waals surface area contributed by atoms with Gasteiger partial charge in [-0.1, -0.05) is 0 Å². The van der Waals surface area contributed by atoms with Crippen LogP contribution in [0.15, 0.2) is 4.99 Å². The zero-order chi connectivity index (χ0) is 8.85. The van der Waals surface area contributed by atoms with E-state index >= 15 is 0 Å². The van der Waals surface area contributed by atoms with Crippen LogP contribution >= 0.6 is 0 Å². The van der Waals surface area contributed by atoms with Crippen LogP contribution in [-0.4, -0.2) is 29.9 Å². The Morgan fingerprint density at radius 1 is 1.18 bits per heavy atom. The number of hydrogen-bond donors (Lipinski definition) is 0. The van der Waals surface area contributed by atoms with Gasteiger partial charge in [0, 0.05) is 12.1 Å². The van der Waals surface area contributed by atoms with Crippen molar-refractivity contribution in [2.24, 2.45) is 4.99 Å². The zero-order valence-corrected chi connectivity index (χ0v) is 8.33. The highest BCUT2D eigenvalue weighted by Gasteiger charge is 2.10. The van der Waals surface area contributed by atoms with Crippen LogP contribution in [0.25, 0.3) is 0 Å². The summed E-state index contributed by atoms with van der Waals surface area (Å²) in [5, 5.41) is 0. The second kappa shape index (κ2) is 5.30. The summed E-state index contributed by atoms with van der Waals surface area (Å²) in [5.41, 5.74) is 0. The van der Waals surface area contributed by atoms with Crippen molar-refractivity contribution in [1.82, 2.24) is 4.90 Å². The highest BCUT2D eigenvalue weighted by molar-refractivity contribution is 5.53. The van der Waals surface area contributed by atoms with Crippen LogP contribution in [0.5, 0.6) is 0 Å². The van der Waals surface area contributed by atoms with Gasteiger partial charge in [-0.15, -0.1) is 0 Å². The summed E-state index contributed by atoms with van der Waals surface area (Å²) in [6, 6.07) is 1.16. The van der Waals surface area contributed by atoms with Gasteiger partial charge in [-0.05, 0) is 40.8 Å². The van der Waals surface area contributed by atoms with Crippen LogP contribution in [0.2, 0.25) is 0 Å². The van der Waals surface area contributed by atoms with Gasteiger partial charge in [0.25, 0.3) is 0 Å². The summed E-state index contributed by atoms with van der Waals surface area (Å²) in [6.07, 6.45) is 1.86. The van der Waals surface area contributed by atoms with Crippen molar-refractivity contribution in [2.45, 2.75) is 46.7 Å². The molecule has 0 N–H and O–H groups in total. The summed E-state index contributed by atoms with van der Waals surface area (Å²) in [7, 11) is 0. The first-order chi connectivity index (χ1) is 5.09. The molecule has 0 aromatic carbocycles. The third-order valence-corrected chi connectivity index (χ3v) is 1.75. The average Bonchev–Trinajstić information content (AvgIpc) is 1.87. The molecule has 0 rings (SSSR count). The number of hydrogen-bond acceptors (Lipinski definition) is 2. The summed E-state index contributed by atoms with van der Waals surface area (Å²) in [5.74, 6) is 0. The van der Waals surface area contributed by atoms with Crippen molar-refractivity contribution in [3.8, 4) is 0 Å². The van der Waals surface area contributed by atoms with E-state index in [0.717, 1.165) is 6.67 Å². The van der Waals surface area contributed by atoms with Crippen LogP contribution in [0.1, 0.15) is 34.6 Å². The Hall–Kier alpha value is -0.370. The maximum atomic E-state index is 4.22. The van der Waals surface area contributed by atoms with Crippen LogP contribution in [0, 0.1) is 0 Å². The predicted octanol–water partition coefficient (Wildman–Crippen LogP) is 2.15. The lowest BCUT2D eigenvalue weighted by atomic mass is 10.2. The molecule has 2 heteroatoms. The van der Waals surface area contributed by atoms with E-state index in [1.165, 1.54) is 0 Å². The summed E-state index contributed by atoms with van der Waals surface area (Å²) in [4.78, 5) is 6.56. The van der Waals surface area contributed by atoms with Gasteiger partial charge in [-0.3, -0.25) is 9.89 Å². The fraction of sp³-hybridized carbons (Fsp3) is 0.889. The number of rotatable bonds is 4. The van der Waals surface area contributed by atoms with Gasteiger partial charge in [-0.25, -0.2) is 0 Å². The van der Waals surface area contributed by atoms with E-state index in [0.29, 0.717) is 12.1 Å². The fourth-order valence-corrected chi connectivity index (χ4v) is 1.10. The second-order valence-corrected chi connectivity index (χ2v) is 3.28. The van der Waals surface area contributed by atoms with Gasteiger partial charge >= 0.3 is 0 Å². The molecule has 0 aliphatic carbocycles. The molecule has 2 nitrogen and oxygen atoms in total. The molecule has 0 bridgehead atoms. The van der Waals surface area contributed by atoms with Gasteiger partial charge in [-0.2, -0.15) is 0 Å². The average molecular weight is 156 g/mol. The molecule has 0 spiro atoms. The normalized spacial score (nSPS) is 12.7. The number of aliphatic imine (C=N–C) groups is 1. The SMILES string of the molecule is CC=NCN(C(C)C)C(C)C. The maximum absolute atomic E-state index is 4.22. The highest BCUT2D eigenvalue weighted by atomic mass is 15.2. The van der Waals surface area contributed by atoms with Gasteiger partial charge in [0.15, 0.2) is 0 Å². The minimum absolute atomic E-state index is 0.582. The monoisotopic (exact) mass is 156 g/mol. The molecule has 0 aliphatic heterocycles. The summed E-state index contributed by atoms with van der Waals surface area (Å²) >= 11 is 0. The molecule has 0 unspecified atom stereocenters. The minimum atomic E-state index is 0.582. The molecular formula is C9H20N2. The minimum Gasteiger partial charge on any atom is -0.282 e.